The Kier molecular flexibility index (Phi) is 7.43. The van der Waals surface area contributed by atoms with Gasteiger partial charge in [0, 0.05) is 23.3 Å². The van der Waals surface area contributed by atoms with Crippen LogP contribution in [0.5, 0.6) is 0 Å². The van der Waals surface area contributed by atoms with Gasteiger partial charge in [0.15, 0.2) is 0 Å². The zero-order chi connectivity index (χ0) is 25.9. The van der Waals surface area contributed by atoms with E-state index >= 15 is 0 Å². The van der Waals surface area contributed by atoms with Gasteiger partial charge in [-0.3, -0.25) is 0 Å². The van der Waals surface area contributed by atoms with Gasteiger partial charge in [0.1, 0.15) is 10.0 Å². The van der Waals surface area contributed by atoms with E-state index in [0.29, 0.717) is 38.3 Å². The van der Waals surface area contributed by atoms with E-state index in [-0.39, 0.29) is 10.8 Å². The summed E-state index contributed by atoms with van der Waals surface area (Å²) in [5.41, 5.74) is 10.2. The molecule has 2 heterocycles. The van der Waals surface area contributed by atoms with Crippen LogP contribution in [-0.2, 0) is 10.0 Å². The minimum atomic E-state index is -3.86. The molecule has 13 heteroatoms. The number of aromatic nitrogens is 4. The molecular formula is C23H22N8O2S3. The summed E-state index contributed by atoms with van der Waals surface area (Å²) in [4.78, 5) is 8.27. The molecule has 0 fully saturated rings. The summed E-state index contributed by atoms with van der Waals surface area (Å²) >= 11 is 6.49. The van der Waals surface area contributed by atoms with Crippen molar-refractivity contribution in [3.05, 3.63) is 83.3 Å². The molecular weight excluding hydrogens is 517 g/mol. The average Bonchev–Trinajstić information content (AvgIpc) is 3.12. The van der Waals surface area contributed by atoms with Crippen LogP contribution in [-0.4, -0.2) is 32.4 Å². The molecule has 0 saturated heterocycles. The number of nitrogen functional groups attached to an aromatic ring is 1. The molecule has 0 amide bonds. The maximum atomic E-state index is 12.7. The molecule has 4 rings (SSSR count). The maximum absolute atomic E-state index is 12.7. The van der Waals surface area contributed by atoms with Gasteiger partial charge < -0.3 is 5.73 Å². The quantitative estimate of drug-likeness (QED) is 0.189. The van der Waals surface area contributed by atoms with Gasteiger partial charge in [-0.2, -0.15) is 5.10 Å². The number of aryl methyl sites for hydroxylation is 3. The highest BCUT2D eigenvalue weighted by Crippen LogP contribution is 2.28. The van der Waals surface area contributed by atoms with Crippen LogP contribution in [0.1, 0.15) is 22.6 Å². The minimum absolute atomic E-state index is 0.0197. The number of hydrogen-bond acceptors (Lipinski definition) is 10. The van der Waals surface area contributed by atoms with Crippen molar-refractivity contribution < 1.29 is 8.42 Å². The van der Waals surface area contributed by atoms with E-state index < -0.39 is 10.0 Å². The first kappa shape index (κ1) is 25.4. The fourth-order valence-electron chi connectivity index (χ4n) is 3.36. The Balaban J connectivity index is 1.43. The summed E-state index contributed by atoms with van der Waals surface area (Å²) < 4.78 is 33.9. The largest absolute Gasteiger partial charge is 0.383 e. The van der Waals surface area contributed by atoms with E-state index in [1.54, 1.807) is 24.6 Å². The zero-order valence-corrected chi connectivity index (χ0v) is 22.0. The number of thiocarbonyl (C=S) groups is 1. The SMILES string of the molecule is Cc1cc(C)nc(NS(=O)(=O)c2ccc(N=NSC(=S)c3c(C)nn(-c4ccccc4)c3N)cc2)n1. The molecule has 184 valence electrons. The lowest BCUT2D eigenvalue weighted by Gasteiger charge is -2.08. The van der Waals surface area contributed by atoms with Gasteiger partial charge in [0.25, 0.3) is 10.0 Å². The van der Waals surface area contributed by atoms with E-state index in [1.807, 2.05) is 37.3 Å². The summed E-state index contributed by atoms with van der Waals surface area (Å²) in [5, 5.41) is 8.61. The Labute approximate surface area is 218 Å². The van der Waals surface area contributed by atoms with E-state index in [9.17, 15) is 8.42 Å². The van der Waals surface area contributed by atoms with Crippen LogP contribution in [0, 0.1) is 20.8 Å². The lowest BCUT2D eigenvalue weighted by Crippen LogP contribution is -2.15. The molecule has 10 nitrogen and oxygen atoms in total. The van der Waals surface area contributed by atoms with E-state index in [0.717, 1.165) is 17.6 Å². The van der Waals surface area contributed by atoms with Crippen LogP contribution in [0.4, 0.5) is 17.5 Å². The Morgan fingerprint density at radius 1 is 1.03 bits per heavy atom. The number of nitrogens with zero attached hydrogens (tertiary/aromatic N) is 6. The predicted octanol–water partition coefficient (Wildman–Crippen LogP) is 5.08. The minimum Gasteiger partial charge on any atom is -0.383 e. The molecule has 0 aliphatic rings. The van der Waals surface area contributed by atoms with Gasteiger partial charge in [-0.15, -0.1) is 9.63 Å². The molecule has 0 aliphatic carbocycles. The molecule has 0 aliphatic heterocycles. The number of benzene rings is 2. The monoisotopic (exact) mass is 538 g/mol. The summed E-state index contributed by atoms with van der Waals surface area (Å²) in [7, 11) is -3.86. The molecule has 2 aromatic heterocycles. The summed E-state index contributed by atoms with van der Waals surface area (Å²) in [6.45, 7) is 5.35. The van der Waals surface area contributed by atoms with Crippen LogP contribution in [0.15, 0.2) is 75.2 Å². The van der Waals surface area contributed by atoms with Crippen LogP contribution in [0.2, 0.25) is 0 Å². The Morgan fingerprint density at radius 2 is 1.67 bits per heavy atom. The summed E-state index contributed by atoms with van der Waals surface area (Å²) in [5.74, 6) is 0.438. The Hall–Kier alpha value is -3.68. The molecule has 36 heavy (non-hydrogen) atoms. The summed E-state index contributed by atoms with van der Waals surface area (Å²) in [6.07, 6.45) is 0. The van der Waals surface area contributed by atoms with Gasteiger partial charge in [-0.25, -0.2) is 27.8 Å². The third-order valence-electron chi connectivity index (χ3n) is 4.94. The average molecular weight is 539 g/mol. The molecule has 0 radical (unpaired) electrons. The fourth-order valence-corrected chi connectivity index (χ4v) is 5.21. The summed E-state index contributed by atoms with van der Waals surface area (Å²) in [6, 6.07) is 17.2. The number of nitrogens with two attached hydrogens (primary N) is 1. The van der Waals surface area contributed by atoms with Gasteiger partial charge in [-0.05, 0) is 63.2 Å². The van der Waals surface area contributed by atoms with Gasteiger partial charge >= 0.3 is 0 Å². The smallest absolute Gasteiger partial charge is 0.264 e. The van der Waals surface area contributed by atoms with Gasteiger partial charge in [0.2, 0.25) is 5.95 Å². The third-order valence-corrected chi connectivity index (χ3v) is 7.24. The normalized spacial score (nSPS) is 11.6. The zero-order valence-electron chi connectivity index (χ0n) is 19.6. The maximum Gasteiger partial charge on any atom is 0.264 e. The van der Waals surface area contributed by atoms with Gasteiger partial charge in [-0.1, -0.05) is 30.4 Å². The van der Waals surface area contributed by atoms with Crippen molar-refractivity contribution in [2.24, 2.45) is 9.63 Å². The van der Waals surface area contributed by atoms with Crippen molar-refractivity contribution in [1.29, 1.82) is 0 Å². The predicted molar refractivity (Wildman–Crippen MR) is 145 cm³/mol. The van der Waals surface area contributed by atoms with Crippen LogP contribution >= 0.6 is 24.2 Å². The Bertz CT molecular complexity index is 1530. The van der Waals surface area contributed by atoms with Crippen LogP contribution in [0.25, 0.3) is 5.69 Å². The molecule has 0 bridgehead atoms. The second kappa shape index (κ2) is 10.5. The van der Waals surface area contributed by atoms with Crippen molar-refractivity contribution in [1.82, 2.24) is 19.7 Å². The fraction of sp³-hybridized carbons (Fsp3) is 0.130. The number of hydrogen-bond donors (Lipinski definition) is 2. The lowest BCUT2D eigenvalue weighted by molar-refractivity contribution is 0.601. The highest BCUT2D eigenvalue weighted by atomic mass is 32.2. The van der Waals surface area contributed by atoms with Crippen molar-refractivity contribution in [2.45, 2.75) is 25.7 Å². The second-order valence-electron chi connectivity index (χ2n) is 7.73. The van der Waals surface area contributed by atoms with Crippen molar-refractivity contribution in [3.8, 4) is 5.69 Å². The number of anilines is 2. The molecule has 0 atom stereocenters. The van der Waals surface area contributed by atoms with Crippen LogP contribution < -0.4 is 10.5 Å². The molecule has 0 saturated carbocycles. The molecule has 0 unspecified atom stereocenters. The first-order valence-electron chi connectivity index (χ1n) is 10.6. The highest BCUT2D eigenvalue weighted by Gasteiger charge is 2.19. The first-order chi connectivity index (χ1) is 17.1. The highest BCUT2D eigenvalue weighted by molar-refractivity contribution is 8.22. The van der Waals surface area contributed by atoms with E-state index in [1.165, 1.54) is 24.3 Å². The number of nitrogens with one attached hydrogen (secondary N) is 1. The van der Waals surface area contributed by atoms with Crippen molar-refractivity contribution >= 4 is 55.8 Å². The third kappa shape index (κ3) is 5.75. The number of para-hydroxylation sites is 1. The molecule has 3 N–H and O–H groups in total. The topological polar surface area (TPSA) is 141 Å². The van der Waals surface area contributed by atoms with Crippen molar-refractivity contribution in [3.63, 3.8) is 0 Å². The van der Waals surface area contributed by atoms with Crippen LogP contribution in [0.3, 0.4) is 0 Å². The van der Waals surface area contributed by atoms with Gasteiger partial charge in [0.05, 0.1) is 27.5 Å². The number of sulfonamides is 1. The first-order valence-corrected chi connectivity index (χ1v) is 13.3. The second-order valence-corrected chi connectivity index (χ2v) is 10.8. The standard InChI is InChI=1S/C23H22N8O2S3/c1-14-13-15(2)26-23(25-14)29-36(32,33)19-11-9-17(10-12-19)27-30-35-22(34)20-16(3)28-31(21(20)24)18-7-5-4-6-8-18/h4-13H,24H2,1-3H3,(H,25,26,29). The van der Waals surface area contributed by atoms with E-state index in [4.69, 9.17) is 18.0 Å². The van der Waals surface area contributed by atoms with Crippen molar-refractivity contribution in [2.75, 3.05) is 10.5 Å². The molecule has 0 spiro atoms. The number of rotatable bonds is 7. The molecule has 4 aromatic rings. The lowest BCUT2D eigenvalue weighted by atomic mass is 10.2. The Morgan fingerprint density at radius 3 is 2.31 bits per heavy atom. The molecule has 2 aromatic carbocycles. The van der Waals surface area contributed by atoms with E-state index in [2.05, 4.69) is 29.4 Å².